The first kappa shape index (κ1) is 14.5. The Bertz CT molecular complexity index is 447. The number of aryl methyl sites for hydroxylation is 1. The molecule has 1 heterocycles. The van der Waals surface area contributed by atoms with Crippen molar-refractivity contribution >= 4 is 21.8 Å². The highest BCUT2D eigenvalue weighted by Gasteiger charge is 2.16. The van der Waals surface area contributed by atoms with Gasteiger partial charge in [0.2, 0.25) is 5.91 Å². The van der Waals surface area contributed by atoms with Crippen LogP contribution < -0.4 is 5.32 Å². The molecule has 0 spiro atoms. The normalized spacial score (nSPS) is 18.5. The largest absolute Gasteiger partial charge is 0.376 e. The van der Waals surface area contributed by atoms with Crippen molar-refractivity contribution in [1.82, 2.24) is 5.32 Å². The van der Waals surface area contributed by atoms with Crippen molar-refractivity contribution in [3.05, 3.63) is 34.1 Å². The molecule has 104 valence electrons. The zero-order valence-corrected chi connectivity index (χ0v) is 12.2. The summed E-state index contributed by atoms with van der Waals surface area (Å²) in [4.78, 5) is 11.7. The molecule has 1 amide bonds. The van der Waals surface area contributed by atoms with Crippen LogP contribution in [0.1, 0.15) is 24.8 Å². The summed E-state index contributed by atoms with van der Waals surface area (Å²) in [6.45, 7) is 1.34. The highest BCUT2D eigenvalue weighted by atomic mass is 79.9. The Balaban J connectivity index is 1.73. The maximum atomic E-state index is 13.6. The predicted octanol–water partition coefficient (Wildman–Crippen LogP) is 2.82. The average Bonchev–Trinajstić information content (AvgIpc) is 2.88. The zero-order valence-electron chi connectivity index (χ0n) is 10.6. The number of hydrogen-bond donors (Lipinski definition) is 1. The fraction of sp³-hybridized carbons (Fsp3) is 0.500. The van der Waals surface area contributed by atoms with E-state index in [9.17, 15) is 9.18 Å². The van der Waals surface area contributed by atoms with E-state index in [2.05, 4.69) is 21.2 Å². The van der Waals surface area contributed by atoms with Crippen molar-refractivity contribution in [2.75, 3.05) is 13.2 Å². The van der Waals surface area contributed by atoms with Gasteiger partial charge in [-0.25, -0.2) is 4.39 Å². The van der Waals surface area contributed by atoms with Crippen molar-refractivity contribution in [3.63, 3.8) is 0 Å². The van der Waals surface area contributed by atoms with Gasteiger partial charge in [-0.05, 0) is 37.0 Å². The van der Waals surface area contributed by atoms with Gasteiger partial charge in [0.25, 0.3) is 0 Å². The van der Waals surface area contributed by atoms with Crippen LogP contribution in [0.15, 0.2) is 22.7 Å². The standard InChI is InChI=1S/C14H17BrFNO2/c15-11-5-3-10(13(16)8-11)4-6-14(18)17-9-12-2-1-7-19-12/h3,5,8,12H,1-2,4,6-7,9H2,(H,17,18). The molecular weight excluding hydrogens is 313 g/mol. The third-order valence-corrected chi connectivity index (χ3v) is 3.68. The number of hydrogen-bond acceptors (Lipinski definition) is 2. The van der Waals surface area contributed by atoms with E-state index in [1.807, 2.05) is 0 Å². The molecule has 1 aromatic rings. The predicted molar refractivity (Wildman–Crippen MR) is 74.4 cm³/mol. The molecule has 1 aliphatic heterocycles. The molecule has 2 rings (SSSR count). The second kappa shape index (κ2) is 7.01. The van der Waals surface area contributed by atoms with E-state index < -0.39 is 0 Å². The van der Waals surface area contributed by atoms with Gasteiger partial charge in [0.15, 0.2) is 0 Å². The van der Waals surface area contributed by atoms with Crippen LogP contribution >= 0.6 is 15.9 Å². The number of benzene rings is 1. The Kier molecular flexibility index (Phi) is 5.34. The molecule has 19 heavy (non-hydrogen) atoms. The lowest BCUT2D eigenvalue weighted by atomic mass is 10.1. The summed E-state index contributed by atoms with van der Waals surface area (Å²) < 4.78 is 19.7. The second-order valence-corrected chi connectivity index (χ2v) is 5.59. The van der Waals surface area contributed by atoms with Crippen molar-refractivity contribution in [1.29, 1.82) is 0 Å². The molecule has 1 fully saturated rings. The van der Waals surface area contributed by atoms with Crippen LogP contribution in [0.5, 0.6) is 0 Å². The highest BCUT2D eigenvalue weighted by molar-refractivity contribution is 9.10. The SMILES string of the molecule is O=C(CCc1ccc(Br)cc1F)NCC1CCCO1. The number of ether oxygens (including phenoxy) is 1. The number of halogens is 2. The molecule has 1 unspecified atom stereocenters. The van der Waals surface area contributed by atoms with Gasteiger partial charge in [-0.1, -0.05) is 22.0 Å². The van der Waals surface area contributed by atoms with E-state index >= 15 is 0 Å². The van der Waals surface area contributed by atoms with E-state index in [1.54, 1.807) is 12.1 Å². The summed E-state index contributed by atoms with van der Waals surface area (Å²) in [6, 6.07) is 4.90. The second-order valence-electron chi connectivity index (χ2n) is 4.67. The van der Waals surface area contributed by atoms with Crippen molar-refractivity contribution in [2.24, 2.45) is 0 Å². The summed E-state index contributed by atoms with van der Waals surface area (Å²) in [7, 11) is 0. The quantitative estimate of drug-likeness (QED) is 0.902. The lowest BCUT2D eigenvalue weighted by Crippen LogP contribution is -2.31. The van der Waals surface area contributed by atoms with Crippen LogP contribution in [-0.4, -0.2) is 25.2 Å². The fourth-order valence-corrected chi connectivity index (χ4v) is 2.43. The number of amides is 1. The maximum Gasteiger partial charge on any atom is 0.220 e. The van der Waals surface area contributed by atoms with Crippen molar-refractivity contribution in [2.45, 2.75) is 31.8 Å². The Morgan fingerprint density at radius 3 is 3.05 bits per heavy atom. The lowest BCUT2D eigenvalue weighted by molar-refractivity contribution is -0.121. The molecule has 0 aromatic heterocycles. The van der Waals surface area contributed by atoms with Crippen LogP contribution in [0.4, 0.5) is 4.39 Å². The maximum absolute atomic E-state index is 13.6. The van der Waals surface area contributed by atoms with Crippen LogP contribution in [0, 0.1) is 5.82 Å². The van der Waals surface area contributed by atoms with Gasteiger partial charge in [-0.3, -0.25) is 4.79 Å². The first-order chi connectivity index (χ1) is 9.15. The molecule has 1 aliphatic rings. The first-order valence-electron chi connectivity index (χ1n) is 6.47. The van der Waals surface area contributed by atoms with Gasteiger partial charge in [-0.15, -0.1) is 0 Å². The summed E-state index contributed by atoms with van der Waals surface area (Å²) >= 11 is 3.21. The zero-order chi connectivity index (χ0) is 13.7. The fourth-order valence-electron chi connectivity index (χ4n) is 2.09. The van der Waals surface area contributed by atoms with Crippen LogP contribution in [0.2, 0.25) is 0 Å². The molecule has 1 N–H and O–H groups in total. The molecule has 3 nitrogen and oxygen atoms in total. The molecule has 5 heteroatoms. The third kappa shape index (κ3) is 4.58. The van der Waals surface area contributed by atoms with E-state index in [0.29, 0.717) is 29.4 Å². The average molecular weight is 330 g/mol. The topological polar surface area (TPSA) is 38.3 Å². The lowest BCUT2D eigenvalue weighted by Gasteiger charge is -2.10. The Morgan fingerprint density at radius 1 is 1.53 bits per heavy atom. The third-order valence-electron chi connectivity index (χ3n) is 3.19. The summed E-state index contributed by atoms with van der Waals surface area (Å²) in [6.07, 6.45) is 2.92. The smallest absolute Gasteiger partial charge is 0.220 e. The van der Waals surface area contributed by atoms with Gasteiger partial charge < -0.3 is 10.1 Å². The first-order valence-corrected chi connectivity index (χ1v) is 7.26. The summed E-state index contributed by atoms with van der Waals surface area (Å²) in [5.41, 5.74) is 0.565. The van der Waals surface area contributed by atoms with E-state index in [1.165, 1.54) is 6.07 Å². The Morgan fingerprint density at radius 2 is 2.37 bits per heavy atom. The van der Waals surface area contributed by atoms with Gasteiger partial charge in [0, 0.05) is 24.0 Å². The molecule has 0 saturated carbocycles. The molecule has 0 bridgehead atoms. The number of nitrogens with one attached hydrogen (secondary N) is 1. The summed E-state index contributed by atoms with van der Waals surface area (Å²) in [5, 5.41) is 2.83. The molecule has 0 radical (unpaired) electrons. The molecule has 1 atom stereocenters. The number of carbonyl (C=O) groups excluding carboxylic acids is 1. The van der Waals surface area contributed by atoms with E-state index in [0.717, 1.165) is 19.4 Å². The minimum Gasteiger partial charge on any atom is -0.376 e. The number of carbonyl (C=O) groups is 1. The van der Waals surface area contributed by atoms with Crippen LogP contribution in [-0.2, 0) is 16.0 Å². The van der Waals surface area contributed by atoms with E-state index in [-0.39, 0.29) is 17.8 Å². The minimum absolute atomic E-state index is 0.0576. The van der Waals surface area contributed by atoms with Crippen molar-refractivity contribution < 1.29 is 13.9 Å². The molecule has 1 aromatic carbocycles. The van der Waals surface area contributed by atoms with Crippen LogP contribution in [0.3, 0.4) is 0 Å². The Labute approximate surface area is 120 Å². The molecular formula is C14H17BrFNO2. The molecule has 1 saturated heterocycles. The Hall–Kier alpha value is -0.940. The van der Waals surface area contributed by atoms with E-state index in [4.69, 9.17) is 4.74 Å². The van der Waals surface area contributed by atoms with Gasteiger partial charge in [-0.2, -0.15) is 0 Å². The highest BCUT2D eigenvalue weighted by Crippen LogP contribution is 2.16. The van der Waals surface area contributed by atoms with Gasteiger partial charge >= 0.3 is 0 Å². The van der Waals surface area contributed by atoms with Crippen molar-refractivity contribution in [3.8, 4) is 0 Å². The molecule has 0 aliphatic carbocycles. The van der Waals surface area contributed by atoms with Crippen LogP contribution in [0.25, 0.3) is 0 Å². The van der Waals surface area contributed by atoms with Gasteiger partial charge in [0.05, 0.1) is 6.10 Å². The minimum atomic E-state index is -0.277. The monoisotopic (exact) mass is 329 g/mol. The summed E-state index contributed by atoms with van der Waals surface area (Å²) in [5.74, 6) is -0.334. The number of rotatable bonds is 5. The van der Waals surface area contributed by atoms with Gasteiger partial charge in [0.1, 0.15) is 5.82 Å².